The fourth-order valence-corrected chi connectivity index (χ4v) is 3.51. The van der Waals surface area contributed by atoms with Gasteiger partial charge in [-0.15, -0.1) is 0 Å². The quantitative estimate of drug-likeness (QED) is 0.497. The molecule has 2 aromatic rings. The number of hydrogen-bond donors (Lipinski definition) is 1. The van der Waals surface area contributed by atoms with Crippen LogP contribution in [0.5, 0.6) is 0 Å². The zero-order valence-corrected chi connectivity index (χ0v) is 17.1. The molecule has 0 aliphatic rings. The number of alkyl halides is 2. The van der Waals surface area contributed by atoms with Gasteiger partial charge in [-0.1, -0.05) is 11.8 Å². The summed E-state index contributed by atoms with van der Waals surface area (Å²) in [6.45, 7) is -0.565. The summed E-state index contributed by atoms with van der Waals surface area (Å²) in [7, 11) is -0.835. The number of amides is 1. The van der Waals surface area contributed by atoms with E-state index in [1.165, 1.54) is 62.6 Å². The summed E-state index contributed by atoms with van der Waals surface area (Å²) in [5.74, 6) is -3.94. The van der Waals surface area contributed by atoms with Crippen LogP contribution in [0.2, 0.25) is 0 Å². The summed E-state index contributed by atoms with van der Waals surface area (Å²) in [5, 5.41) is 2.47. The van der Waals surface area contributed by atoms with E-state index in [-0.39, 0.29) is 10.5 Å². The Labute approximate surface area is 171 Å². The van der Waals surface area contributed by atoms with Gasteiger partial charge in [-0.3, -0.25) is 4.79 Å². The Hall–Kier alpha value is -2.50. The lowest BCUT2D eigenvalue weighted by Gasteiger charge is -2.11. The van der Waals surface area contributed by atoms with Crippen LogP contribution in [0.4, 0.5) is 14.5 Å². The van der Waals surface area contributed by atoms with E-state index in [2.05, 4.69) is 5.32 Å². The molecule has 29 heavy (non-hydrogen) atoms. The molecule has 0 aliphatic carbocycles. The van der Waals surface area contributed by atoms with Crippen molar-refractivity contribution in [1.29, 1.82) is 0 Å². The molecule has 0 aromatic heterocycles. The summed E-state index contributed by atoms with van der Waals surface area (Å²) < 4.78 is 54.5. The van der Waals surface area contributed by atoms with Crippen LogP contribution in [-0.2, 0) is 19.6 Å². The SMILES string of the molecule is CN(C)S(=O)(=O)c1ccc(C(=O)OCC(=O)Nc2ccc(SC(F)F)cc2)cc1. The number of esters is 1. The van der Waals surface area contributed by atoms with Gasteiger partial charge in [-0.2, -0.15) is 8.78 Å². The Morgan fingerprint density at radius 1 is 1.07 bits per heavy atom. The number of ether oxygens (including phenoxy) is 1. The van der Waals surface area contributed by atoms with Crippen LogP contribution in [0.25, 0.3) is 0 Å². The first-order chi connectivity index (χ1) is 13.6. The second-order valence-electron chi connectivity index (χ2n) is 5.84. The van der Waals surface area contributed by atoms with E-state index in [1.54, 1.807) is 0 Å². The van der Waals surface area contributed by atoms with Gasteiger partial charge in [0.05, 0.1) is 10.5 Å². The number of anilines is 1. The molecule has 7 nitrogen and oxygen atoms in total. The van der Waals surface area contributed by atoms with Gasteiger partial charge in [0.1, 0.15) is 0 Å². The predicted octanol–water partition coefficient (Wildman–Crippen LogP) is 3.05. The van der Waals surface area contributed by atoms with Crippen molar-refractivity contribution >= 4 is 39.3 Å². The Morgan fingerprint density at radius 3 is 2.17 bits per heavy atom. The second kappa shape index (κ2) is 9.81. The highest BCUT2D eigenvalue weighted by Crippen LogP contribution is 2.26. The lowest BCUT2D eigenvalue weighted by molar-refractivity contribution is -0.119. The van der Waals surface area contributed by atoms with E-state index < -0.39 is 34.3 Å². The van der Waals surface area contributed by atoms with Gasteiger partial charge in [0.2, 0.25) is 10.0 Å². The number of hydrogen-bond acceptors (Lipinski definition) is 6. The zero-order chi connectivity index (χ0) is 21.6. The van der Waals surface area contributed by atoms with Crippen LogP contribution in [0.3, 0.4) is 0 Å². The van der Waals surface area contributed by atoms with Crippen LogP contribution in [0.1, 0.15) is 10.4 Å². The number of benzene rings is 2. The third-order valence-corrected chi connectivity index (χ3v) is 6.12. The second-order valence-corrected chi connectivity index (χ2v) is 9.05. The highest BCUT2D eigenvalue weighted by Gasteiger charge is 2.18. The highest BCUT2D eigenvalue weighted by molar-refractivity contribution is 7.99. The van der Waals surface area contributed by atoms with E-state index in [1.807, 2.05) is 0 Å². The molecule has 0 spiro atoms. The van der Waals surface area contributed by atoms with Crippen LogP contribution in [0.15, 0.2) is 58.3 Å². The van der Waals surface area contributed by atoms with E-state index in [9.17, 15) is 26.8 Å². The lowest BCUT2D eigenvalue weighted by atomic mass is 10.2. The summed E-state index contributed by atoms with van der Waals surface area (Å²) in [4.78, 5) is 24.3. The fraction of sp³-hybridized carbons (Fsp3) is 0.222. The summed E-state index contributed by atoms with van der Waals surface area (Å²) in [6.07, 6.45) is 0. The van der Waals surface area contributed by atoms with Gasteiger partial charge in [-0.05, 0) is 48.5 Å². The molecule has 2 rings (SSSR count). The standard InChI is InChI=1S/C18H18F2N2O5S2/c1-22(2)29(25,26)15-9-3-12(4-10-15)17(24)27-11-16(23)21-13-5-7-14(8-6-13)28-18(19)20/h3-10,18H,11H2,1-2H3,(H,21,23). The summed E-state index contributed by atoms with van der Waals surface area (Å²) in [5.41, 5.74) is 0.451. The van der Waals surface area contributed by atoms with E-state index in [0.29, 0.717) is 22.3 Å². The van der Waals surface area contributed by atoms with Crippen LogP contribution in [0, 0.1) is 0 Å². The van der Waals surface area contributed by atoms with Crippen LogP contribution < -0.4 is 5.32 Å². The molecule has 0 aliphatic heterocycles. The number of thioether (sulfide) groups is 1. The molecule has 0 fully saturated rings. The minimum Gasteiger partial charge on any atom is -0.452 e. The summed E-state index contributed by atoms with van der Waals surface area (Å²) >= 11 is 0.386. The van der Waals surface area contributed by atoms with Crippen molar-refractivity contribution in [3.05, 3.63) is 54.1 Å². The van der Waals surface area contributed by atoms with Gasteiger partial charge in [0.25, 0.3) is 11.7 Å². The number of carbonyl (C=O) groups excluding carboxylic acids is 2. The van der Waals surface area contributed by atoms with Crippen molar-refractivity contribution in [3.8, 4) is 0 Å². The molecule has 0 bridgehead atoms. The van der Waals surface area contributed by atoms with Gasteiger partial charge < -0.3 is 10.1 Å². The molecular weight excluding hydrogens is 426 g/mol. The van der Waals surface area contributed by atoms with Gasteiger partial charge >= 0.3 is 5.97 Å². The fourth-order valence-electron chi connectivity index (χ4n) is 2.11. The zero-order valence-electron chi connectivity index (χ0n) is 15.5. The number of rotatable bonds is 8. The topological polar surface area (TPSA) is 92.8 Å². The molecule has 0 saturated carbocycles. The molecule has 0 radical (unpaired) electrons. The number of nitrogens with zero attached hydrogens (tertiary/aromatic N) is 1. The van der Waals surface area contributed by atoms with Crippen molar-refractivity contribution < 1.29 is 31.5 Å². The Morgan fingerprint density at radius 2 is 1.66 bits per heavy atom. The molecule has 1 N–H and O–H groups in total. The van der Waals surface area contributed by atoms with Crippen molar-refractivity contribution in [1.82, 2.24) is 4.31 Å². The Bertz CT molecular complexity index is 963. The average molecular weight is 444 g/mol. The van der Waals surface area contributed by atoms with Gasteiger partial charge in [0, 0.05) is 24.7 Å². The van der Waals surface area contributed by atoms with Gasteiger partial charge in [0.15, 0.2) is 6.61 Å². The third kappa shape index (κ3) is 6.51. The number of sulfonamides is 1. The molecule has 0 heterocycles. The smallest absolute Gasteiger partial charge is 0.338 e. The molecule has 0 unspecified atom stereocenters. The van der Waals surface area contributed by atoms with Crippen LogP contribution >= 0.6 is 11.8 Å². The first kappa shape index (κ1) is 22.8. The monoisotopic (exact) mass is 444 g/mol. The average Bonchev–Trinajstić information content (AvgIpc) is 2.67. The minimum atomic E-state index is -3.62. The maximum Gasteiger partial charge on any atom is 0.338 e. The Kier molecular flexibility index (Phi) is 7.71. The molecule has 2 aromatic carbocycles. The first-order valence-corrected chi connectivity index (χ1v) is 10.5. The maximum absolute atomic E-state index is 12.3. The van der Waals surface area contributed by atoms with Crippen molar-refractivity contribution in [2.45, 2.75) is 15.5 Å². The Balaban J connectivity index is 1.89. The maximum atomic E-state index is 12.3. The van der Waals surface area contributed by atoms with Crippen molar-refractivity contribution in [3.63, 3.8) is 0 Å². The van der Waals surface area contributed by atoms with E-state index in [0.717, 1.165) is 4.31 Å². The number of nitrogens with one attached hydrogen (secondary N) is 1. The van der Waals surface area contributed by atoms with Crippen molar-refractivity contribution in [2.24, 2.45) is 0 Å². The molecule has 0 saturated heterocycles. The van der Waals surface area contributed by atoms with Gasteiger partial charge in [-0.25, -0.2) is 17.5 Å². The molecule has 156 valence electrons. The third-order valence-electron chi connectivity index (χ3n) is 3.57. The van der Waals surface area contributed by atoms with E-state index in [4.69, 9.17) is 4.74 Å². The highest BCUT2D eigenvalue weighted by atomic mass is 32.2. The number of carbonyl (C=O) groups is 2. The molecule has 1 amide bonds. The lowest BCUT2D eigenvalue weighted by Crippen LogP contribution is -2.22. The predicted molar refractivity (Wildman–Crippen MR) is 105 cm³/mol. The normalized spacial score (nSPS) is 11.5. The molecule has 0 atom stereocenters. The summed E-state index contributed by atoms with van der Waals surface area (Å²) in [6, 6.07) is 10.9. The molecular formula is C18H18F2N2O5S2. The first-order valence-electron chi connectivity index (χ1n) is 8.14. The largest absolute Gasteiger partial charge is 0.452 e. The number of halogens is 2. The van der Waals surface area contributed by atoms with Crippen LogP contribution in [-0.4, -0.2) is 51.1 Å². The molecule has 11 heteroatoms. The minimum absolute atomic E-state index is 0.0187. The van der Waals surface area contributed by atoms with Crippen molar-refractivity contribution in [2.75, 3.05) is 26.0 Å². The van der Waals surface area contributed by atoms with E-state index >= 15 is 0 Å².